The molecule has 0 unspecified atom stereocenters. The standard InChI is InChI=1S/C21H23N3O2S/c1-3-24-20(26)17-12-15-8-4-5-9-16(15)13-18(17)22-21(24)27-14(2)19(25)23-10-6-7-11-23/h4-5,8-9,12-14H,3,6-7,10-11H2,1-2H3/t14-/m0/s1. The van der Waals surface area contributed by atoms with E-state index in [0.717, 1.165) is 36.7 Å². The maximum atomic E-state index is 13.0. The average molecular weight is 382 g/mol. The Morgan fingerprint density at radius 2 is 1.85 bits per heavy atom. The Hall–Kier alpha value is -2.34. The van der Waals surface area contributed by atoms with Gasteiger partial charge in [0.05, 0.1) is 16.2 Å². The second-order valence-electron chi connectivity index (χ2n) is 6.95. The Bertz CT molecular complexity index is 1070. The highest BCUT2D eigenvalue weighted by molar-refractivity contribution is 8.00. The lowest BCUT2D eigenvalue weighted by atomic mass is 10.1. The molecule has 0 spiro atoms. The van der Waals surface area contributed by atoms with E-state index < -0.39 is 0 Å². The van der Waals surface area contributed by atoms with Gasteiger partial charge in [-0.15, -0.1) is 0 Å². The molecule has 140 valence electrons. The summed E-state index contributed by atoms with van der Waals surface area (Å²) in [5.74, 6) is 0.132. The van der Waals surface area contributed by atoms with Crippen molar-refractivity contribution in [1.82, 2.24) is 14.5 Å². The summed E-state index contributed by atoms with van der Waals surface area (Å²) in [6.07, 6.45) is 2.15. The smallest absolute Gasteiger partial charge is 0.262 e. The lowest BCUT2D eigenvalue weighted by Gasteiger charge is -2.20. The van der Waals surface area contributed by atoms with Crippen molar-refractivity contribution in [2.75, 3.05) is 13.1 Å². The van der Waals surface area contributed by atoms with Crippen molar-refractivity contribution in [3.8, 4) is 0 Å². The van der Waals surface area contributed by atoms with Crippen LogP contribution >= 0.6 is 11.8 Å². The summed E-state index contributed by atoms with van der Waals surface area (Å²) >= 11 is 1.38. The third-order valence-corrected chi connectivity index (χ3v) is 6.23. The van der Waals surface area contributed by atoms with Crippen molar-refractivity contribution in [3.63, 3.8) is 0 Å². The molecule has 6 heteroatoms. The van der Waals surface area contributed by atoms with Crippen LogP contribution in [-0.4, -0.2) is 38.7 Å². The van der Waals surface area contributed by atoms with Crippen LogP contribution in [0.1, 0.15) is 26.7 Å². The second kappa shape index (κ2) is 7.35. The third-order valence-electron chi connectivity index (χ3n) is 5.15. The van der Waals surface area contributed by atoms with Gasteiger partial charge in [0.15, 0.2) is 5.16 Å². The van der Waals surface area contributed by atoms with Gasteiger partial charge in [0, 0.05) is 19.6 Å². The van der Waals surface area contributed by atoms with Crippen LogP contribution in [0.3, 0.4) is 0 Å². The largest absolute Gasteiger partial charge is 0.342 e. The summed E-state index contributed by atoms with van der Waals surface area (Å²) in [5.41, 5.74) is 0.642. The van der Waals surface area contributed by atoms with Gasteiger partial charge in [-0.1, -0.05) is 36.0 Å². The highest BCUT2D eigenvalue weighted by atomic mass is 32.2. The molecule has 4 rings (SSSR count). The van der Waals surface area contributed by atoms with E-state index in [0.29, 0.717) is 22.6 Å². The molecular weight excluding hydrogens is 358 g/mol. The van der Waals surface area contributed by atoms with Gasteiger partial charge in [-0.3, -0.25) is 14.2 Å². The van der Waals surface area contributed by atoms with Crippen molar-refractivity contribution in [1.29, 1.82) is 0 Å². The number of likely N-dealkylation sites (tertiary alicyclic amines) is 1. The summed E-state index contributed by atoms with van der Waals surface area (Å²) < 4.78 is 1.68. The van der Waals surface area contributed by atoms with Crippen LogP contribution in [-0.2, 0) is 11.3 Å². The van der Waals surface area contributed by atoms with Crippen LogP contribution in [0.15, 0.2) is 46.3 Å². The van der Waals surface area contributed by atoms with Gasteiger partial charge in [0.2, 0.25) is 5.91 Å². The van der Waals surface area contributed by atoms with Crippen molar-refractivity contribution < 1.29 is 4.79 Å². The molecule has 0 bridgehead atoms. The van der Waals surface area contributed by atoms with E-state index in [1.807, 2.05) is 55.1 Å². The number of nitrogens with zero attached hydrogens (tertiary/aromatic N) is 3. The van der Waals surface area contributed by atoms with E-state index in [-0.39, 0.29) is 16.7 Å². The number of rotatable bonds is 4. The van der Waals surface area contributed by atoms with Gasteiger partial charge in [-0.2, -0.15) is 0 Å². The van der Waals surface area contributed by atoms with E-state index in [1.165, 1.54) is 11.8 Å². The molecule has 2 aromatic carbocycles. The Kier molecular flexibility index (Phi) is 4.91. The molecule has 0 radical (unpaired) electrons. The summed E-state index contributed by atoms with van der Waals surface area (Å²) in [4.78, 5) is 32.4. The molecular formula is C21H23N3O2S. The van der Waals surface area contributed by atoms with E-state index in [9.17, 15) is 9.59 Å². The minimum absolute atomic E-state index is 0.0448. The minimum atomic E-state index is -0.259. The molecule has 0 saturated carbocycles. The molecule has 0 aliphatic carbocycles. The van der Waals surface area contributed by atoms with Crippen LogP contribution in [0.5, 0.6) is 0 Å². The van der Waals surface area contributed by atoms with Crippen LogP contribution in [0.4, 0.5) is 0 Å². The maximum Gasteiger partial charge on any atom is 0.262 e. The second-order valence-corrected chi connectivity index (χ2v) is 8.26. The molecule has 1 atom stereocenters. The third kappa shape index (κ3) is 3.34. The molecule has 1 aliphatic rings. The molecule has 2 heterocycles. The minimum Gasteiger partial charge on any atom is -0.342 e. The molecule has 5 nitrogen and oxygen atoms in total. The zero-order chi connectivity index (χ0) is 19.0. The van der Waals surface area contributed by atoms with Gasteiger partial charge in [-0.05, 0) is 49.6 Å². The van der Waals surface area contributed by atoms with Crippen LogP contribution < -0.4 is 5.56 Å². The molecule has 1 saturated heterocycles. The molecule has 1 fully saturated rings. The first-order valence-electron chi connectivity index (χ1n) is 9.47. The summed E-state index contributed by atoms with van der Waals surface area (Å²) in [7, 11) is 0. The van der Waals surface area contributed by atoms with E-state index in [2.05, 4.69) is 0 Å². The average Bonchev–Trinajstić information content (AvgIpc) is 3.21. The quantitative estimate of drug-likeness (QED) is 0.393. The summed E-state index contributed by atoms with van der Waals surface area (Å²) in [6.45, 7) is 6.04. The van der Waals surface area contributed by atoms with E-state index in [4.69, 9.17) is 4.98 Å². The number of carbonyl (C=O) groups is 1. The Morgan fingerprint density at radius 3 is 2.52 bits per heavy atom. The predicted molar refractivity (Wildman–Crippen MR) is 110 cm³/mol. The van der Waals surface area contributed by atoms with Gasteiger partial charge in [-0.25, -0.2) is 4.98 Å². The normalized spacial score (nSPS) is 15.6. The van der Waals surface area contributed by atoms with Gasteiger partial charge >= 0.3 is 0 Å². The van der Waals surface area contributed by atoms with Gasteiger partial charge in [0.1, 0.15) is 0 Å². The number of hydrogen-bond acceptors (Lipinski definition) is 4. The lowest BCUT2D eigenvalue weighted by molar-refractivity contribution is -0.129. The van der Waals surface area contributed by atoms with E-state index >= 15 is 0 Å². The number of amides is 1. The highest BCUT2D eigenvalue weighted by Crippen LogP contribution is 2.26. The van der Waals surface area contributed by atoms with Crippen LogP contribution in [0, 0.1) is 0 Å². The fourth-order valence-corrected chi connectivity index (χ4v) is 4.72. The molecule has 27 heavy (non-hydrogen) atoms. The molecule has 0 N–H and O–H groups in total. The van der Waals surface area contributed by atoms with E-state index in [1.54, 1.807) is 4.57 Å². The summed E-state index contributed by atoms with van der Waals surface area (Å²) in [5, 5.41) is 3.07. The molecule has 1 amide bonds. The van der Waals surface area contributed by atoms with Crippen LogP contribution in [0.2, 0.25) is 0 Å². The van der Waals surface area contributed by atoms with Crippen LogP contribution in [0.25, 0.3) is 21.7 Å². The van der Waals surface area contributed by atoms with Crippen molar-refractivity contribution in [2.24, 2.45) is 0 Å². The number of thioether (sulfide) groups is 1. The fourth-order valence-electron chi connectivity index (χ4n) is 3.66. The predicted octanol–water partition coefficient (Wildman–Crippen LogP) is 3.67. The number of benzene rings is 2. The highest BCUT2D eigenvalue weighted by Gasteiger charge is 2.25. The number of fused-ring (bicyclic) bond motifs is 2. The lowest BCUT2D eigenvalue weighted by Crippen LogP contribution is -2.34. The maximum absolute atomic E-state index is 13.0. The zero-order valence-electron chi connectivity index (χ0n) is 15.6. The van der Waals surface area contributed by atoms with Gasteiger partial charge in [0.25, 0.3) is 5.56 Å². The first-order valence-corrected chi connectivity index (χ1v) is 10.3. The zero-order valence-corrected chi connectivity index (χ0v) is 16.5. The number of carbonyl (C=O) groups excluding carboxylic acids is 1. The number of aromatic nitrogens is 2. The van der Waals surface area contributed by atoms with Crippen molar-refractivity contribution >= 4 is 39.3 Å². The molecule has 1 aliphatic heterocycles. The Balaban J connectivity index is 1.76. The molecule has 1 aromatic heterocycles. The first kappa shape index (κ1) is 18.0. The Morgan fingerprint density at radius 1 is 1.19 bits per heavy atom. The Labute approximate surface area is 162 Å². The topological polar surface area (TPSA) is 55.2 Å². The summed E-state index contributed by atoms with van der Waals surface area (Å²) in [6, 6.07) is 11.9. The van der Waals surface area contributed by atoms with Crippen molar-refractivity contribution in [3.05, 3.63) is 46.8 Å². The fraction of sp³-hybridized carbons (Fsp3) is 0.381. The number of hydrogen-bond donors (Lipinski definition) is 0. The molecule has 3 aromatic rings. The van der Waals surface area contributed by atoms with Gasteiger partial charge < -0.3 is 4.90 Å². The van der Waals surface area contributed by atoms with Crippen molar-refractivity contribution in [2.45, 2.75) is 43.6 Å². The monoisotopic (exact) mass is 381 g/mol. The first-order chi connectivity index (χ1) is 13.1. The SMILES string of the molecule is CCn1c(S[C@@H](C)C(=O)N2CCCC2)nc2cc3ccccc3cc2c1=O.